The van der Waals surface area contributed by atoms with Crippen LogP contribution >= 0.6 is 15.9 Å². The quantitative estimate of drug-likeness (QED) is 0.634. The highest BCUT2D eigenvalue weighted by molar-refractivity contribution is 9.10. The lowest BCUT2D eigenvalue weighted by atomic mass is 10.2. The standard InChI is InChI=1S/C20H21BrN2O5/c1-12-7-8-17(16(21)9-12)28-13(2)19(25)23-15-6-4-5-14(10-15)20(26)22-11-18(24)27-3/h4-10,13H,11H2,1-3H3,(H,22,26)(H,23,25). The monoisotopic (exact) mass is 448 g/mol. The molecule has 2 N–H and O–H groups in total. The highest BCUT2D eigenvalue weighted by Gasteiger charge is 2.17. The van der Waals surface area contributed by atoms with Crippen LogP contribution in [0.1, 0.15) is 22.8 Å². The van der Waals surface area contributed by atoms with Gasteiger partial charge in [0.1, 0.15) is 12.3 Å². The zero-order chi connectivity index (χ0) is 20.7. The summed E-state index contributed by atoms with van der Waals surface area (Å²) in [5.74, 6) is -0.802. The normalized spacial score (nSPS) is 11.3. The number of aryl methyl sites for hydroxylation is 1. The number of hydrogen-bond donors (Lipinski definition) is 2. The van der Waals surface area contributed by atoms with Crippen LogP contribution in [-0.2, 0) is 14.3 Å². The lowest BCUT2D eigenvalue weighted by molar-refractivity contribution is -0.139. The van der Waals surface area contributed by atoms with E-state index in [9.17, 15) is 14.4 Å². The average molecular weight is 449 g/mol. The third-order valence-corrected chi connectivity index (χ3v) is 4.39. The second kappa shape index (κ2) is 9.89. The number of carbonyl (C=O) groups is 3. The Morgan fingerprint density at radius 3 is 2.57 bits per heavy atom. The van der Waals surface area contributed by atoms with Crippen molar-refractivity contribution in [3.8, 4) is 5.75 Å². The summed E-state index contributed by atoms with van der Waals surface area (Å²) in [6, 6.07) is 12.0. The van der Waals surface area contributed by atoms with Gasteiger partial charge in [0.15, 0.2) is 6.10 Å². The van der Waals surface area contributed by atoms with Gasteiger partial charge in [-0.2, -0.15) is 0 Å². The number of ether oxygens (including phenoxy) is 2. The Morgan fingerprint density at radius 2 is 1.89 bits per heavy atom. The van der Waals surface area contributed by atoms with Gasteiger partial charge in [-0.25, -0.2) is 0 Å². The molecule has 1 unspecified atom stereocenters. The van der Waals surface area contributed by atoms with E-state index in [-0.39, 0.29) is 12.5 Å². The average Bonchev–Trinajstić information content (AvgIpc) is 2.68. The van der Waals surface area contributed by atoms with Crippen LogP contribution in [0, 0.1) is 6.92 Å². The Hall–Kier alpha value is -2.87. The van der Waals surface area contributed by atoms with Crippen molar-refractivity contribution in [2.24, 2.45) is 0 Å². The molecule has 0 spiro atoms. The number of amides is 2. The lowest BCUT2D eigenvalue weighted by Crippen LogP contribution is -2.31. The van der Waals surface area contributed by atoms with Gasteiger partial charge in [0.05, 0.1) is 11.6 Å². The first-order valence-corrected chi connectivity index (χ1v) is 9.28. The molecule has 2 rings (SSSR count). The molecular weight excluding hydrogens is 428 g/mol. The van der Waals surface area contributed by atoms with Gasteiger partial charge in [-0.05, 0) is 65.7 Å². The van der Waals surface area contributed by atoms with E-state index in [0.717, 1.165) is 10.0 Å². The van der Waals surface area contributed by atoms with Crippen molar-refractivity contribution < 1.29 is 23.9 Å². The summed E-state index contributed by atoms with van der Waals surface area (Å²) in [4.78, 5) is 35.6. The van der Waals surface area contributed by atoms with Gasteiger partial charge in [-0.3, -0.25) is 14.4 Å². The highest BCUT2D eigenvalue weighted by atomic mass is 79.9. The number of hydrogen-bond acceptors (Lipinski definition) is 5. The molecular formula is C20H21BrN2O5. The molecule has 0 fully saturated rings. The van der Waals surface area contributed by atoms with Crippen LogP contribution in [0.4, 0.5) is 5.69 Å². The van der Waals surface area contributed by atoms with Crippen LogP contribution in [0.25, 0.3) is 0 Å². The van der Waals surface area contributed by atoms with Crippen LogP contribution in [0.15, 0.2) is 46.9 Å². The van der Waals surface area contributed by atoms with Crippen molar-refractivity contribution in [1.29, 1.82) is 0 Å². The fourth-order valence-corrected chi connectivity index (χ4v) is 2.84. The maximum Gasteiger partial charge on any atom is 0.325 e. The summed E-state index contributed by atoms with van der Waals surface area (Å²) in [5, 5.41) is 5.15. The van der Waals surface area contributed by atoms with E-state index >= 15 is 0 Å². The highest BCUT2D eigenvalue weighted by Crippen LogP contribution is 2.26. The minimum atomic E-state index is -0.754. The molecule has 0 aliphatic rings. The van der Waals surface area contributed by atoms with Crippen LogP contribution in [0.2, 0.25) is 0 Å². The van der Waals surface area contributed by atoms with Gasteiger partial charge in [0.2, 0.25) is 0 Å². The minimum Gasteiger partial charge on any atom is -0.480 e. The van der Waals surface area contributed by atoms with Crippen LogP contribution in [0.3, 0.4) is 0 Å². The first-order valence-electron chi connectivity index (χ1n) is 8.49. The summed E-state index contributed by atoms with van der Waals surface area (Å²) in [6.45, 7) is 3.36. The molecule has 2 aromatic carbocycles. The predicted molar refractivity (Wildman–Crippen MR) is 108 cm³/mol. The second-order valence-electron chi connectivity index (χ2n) is 6.02. The third kappa shape index (κ3) is 6.09. The number of methoxy groups -OCH3 is 1. The van der Waals surface area contributed by atoms with Gasteiger partial charge in [-0.15, -0.1) is 0 Å². The van der Waals surface area contributed by atoms with Gasteiger partial charge in [0, 0.05) is 11.3 Å². The molecule has 0 aliphatic heterocycles. The number of halogens is 1. The summed E-state index contributed by atoms with van der Waals surface area (Å²) < 4.78 is 10.9. The van der Waals surface area contributed by atoms with Crippen molar-refractivity contribution in [3.63, 3.8) is 0 Å². The number of esters is 1. The maximum absolute atomic E-state index is 12.4. The van der Waals surface area contributed by atoms with E-state index < -0.39 is 18.0 Å². The molecule has 0 aromatic heterocycles. The fourth-order valence-electron chi connectivity index (χ4n) is 2.25. The zero-order valence-corrected chi connectivity index (χ0v) is 17.3. The van der Waals surface area contributed by atoms with E-state index in [4.69, 9.17) is 4.74 Å². The summed E-state index contributed by atoms with van der Waals surface area (Å²) in [6.07, 6.45) is -0.754. The molecule has 0 saturated carbocycles. The summed E-state index contributed by atoms with van der Waals surface area (Å²) >= 11 is 3.41. The SMILES string of the molecule is COC(=O)CNC(=O)c1cccc(NC(=O)C(C)Oc2ccc(C)cc2Br)c1. The van der Waals surface area contributed by atoms with Crippen molar-refractivity contribution >= 4 is 39.4 Å². The molecule has 0 bridgehead atoms. The fraction of sp³-hybridized carbons (Fsp3) is 0.250. The molecule has 7 nitrogen and oxygen atoms in total. The number of carbonyl (C=O) groups excluding carboxylic acids is 3. The Bertz CT molecular complexity index is 885. The molecule has 2 amide bonds. The molecule has 28 heavy (non-hydrogen) atoms. The Morgan fingerprint density at radius 1 is 1.14 bits per heavy atom. The van der Waals surface area contributed by atoms with Gasteiger partial charge >= 0.3 is 5.97 Å². The number of benzene rings is 2. The summed E-state index contributed by atoms with van der Waals surface area (Å²) in [7, 11) is 1.24. The smallest absolute Gasteiger partial charge is 0.325 e. The number of nitrogens with one attached hydrogen (secondary N) is 2. The van der Waals surface area contributed by atoms with Gasteiger partial charge in [0.25, 0.3) is 11.8 Å². The largest absolute Gasteiger partial charge is 0.480 e. The van der Waals surface area contributed by atoms with Crippen LogP contribution in [-0.4, -0.2) is 37.5 Å². The van der Waals surface area contributed by atoms with E-state index in [1.165, 1.54) is 13.2 Å². The number of anilines is 1. The molecule has 0 saturated heterocycles. The molecule has 1 atom stereocenters. The van der Waals surface area contributed by atoms with E-state index in [0.29, 0.717) is 17.0 Å². The minimum absolute atomic E-state index is 0.234. The van der Waals surface area contributed by atoms with Crippen molar-refractivity contribution in [3.05, 3.63) is 58.1 Å². The molecule has 2 aromatic rings. The van der Waals surface area contributed by atoms with Crippen molar-refractivity contribution in [1.82, 2.24) is 5.32 Å². The molecule has 8 heteroatoms. The Labute approximate surface area is 171 Å². The van der Waals surface area contributed by atoms with Crippen LogP contribution < -0.4 is 15.4 Å². The number of rotatable bonds is 7. The van der Waals surface area contributed by atoms with Crippen LogP contribution in [0.5, 0.6) is 5.75 Å². The molecule has 0 aliphatic carbocycles. The maximum atomic E-state index is 12.4. The predicted octanol–water partition coefficient (Wildman–Crippen LogP) is 3.07. The zero-order valence-electron chi connectivity index (χ0n) is 15.7. The molecule has 0 heterocycles. The second-order valence-corrected chi connectivity index (χ2v) is 6.88. The van der Waals surface area contributed by atoms with Gasteiger partial charge < -0.3 is 20.1 Å². The Balaban J connectivity index is 1.99. The molecule has 0 radical (unpaired) electrons. The van der Waals surface area contributed by atoms with Crippen molar-refractivity contribution in [2.45, 2.75) is 20.0 Å². The topological polar surface area (TPSA) is 93.7 Å². The first-order chi connectivity index (χ1) is 13.3. The van der Waals surface area contributed by atoms with Crippen molar-refractivity contribution in [2.75, 3.05) is 19.0 Å². The Kier molecular flexibility index (Phi) is 7.57. The molecule has 148 valence electrons. The van der Waals surface area contributed by atoms with Gasteiger partial charge in [-0.1, -0.05) is 12.1 Å². The third-order valence-electron chi connectivity index (χ3n) is 3.77. The van der Waals surface area contributed by atoms with E-state index in [1.54, 1.807) is 31.2 Å². The lowest BCUT2D eigenvalue weighted by Gasteiger charge is -2.16. The van der Waals surface area contributed by atoms with E-state index in [2.05, 4.69) is 31.3 Å². The first kappa shape index (κ1) is 21.4. The summed E-state index contributed by atoms with van der Waals surface area (Å²) in [5.41, 5.74) is 1.81. The van der Waals surface area contributed by atoms with E-state index in [1.807, 2.05) is 19.1 Å².